The average molecular weight is 440 g/mol. The molecule has 0 aliphatic heterocycles. The fourth-order valence-corrected chi connectivity index (χ4v) is 2.61. The molecule has 2 N–H and O–H groups in total. The van der Waals surface area contributed by atoms with Gasteiger partial charge in [0.2, 0.25) is 0 Å². The van der Waals surface area contributed by atoms with Crippen molar-refractivity contribution in [3.63, 3.8) is 0 Å². The van der Waals surface area contributed by atoms with Crippen molar-refractivity contribution in [1.29, 1.82) is 0 Å². The molecule has 0 aliphatic rings. The third-order valence-corrected chi connectivity index (χ3v) is 4.32. The van der Waals surface area contributed by atoms with Gasteiger partial charge in [0.1, 0.15) is 11.5 Å². The zero-order valence-corrected chi connectivity index (χ0v) is 17.4. The highest BCUT2D eigenvalue weighted by atomic mass is 16.5. The van der Waals surface area contributed by atoms with Crippen LogP contribution in [0.1, 0.15) is 31.8 Å². The Morgan fingerprint density at radius 1 is 0.576 bits per heavy atom. The highest BCUT2D eigenvalue weighted by Crippen LogP contribution is 2.22. The van der Waals surface area contributed by atoms with E-state index < -0.39 is 11.9 Å². The smallest absolute Gasteiger partial charge is 0.335 e. The largest absolute Gasteiger partial charge is 0.478 e. The topological polar surface area (TPSA) is 110 Å². The van der Waals surface area contributed by atoms with Crippen molar-refractivity contribution in [3.8, 4) is 11.5 Å². The normalized spacial score (nSPS) is 10.2. The van der Waals surface area contributed by atoms with Crippen molar-refractivity contribution >= 4 is 24.1 Å². The van der Waals surface area contributed by atoms with E-state index in [1.807, 2.05) is 24.3 Å². The van der Waals surface area contributed by atoms with Crippen LogP contribution in [0.25, 0.3) is 12.2 Å². The van der Waals surface area contributed by atoms with Gasteiger partial charge in [-0.1, -0.05) is 12.2 Å². The van der Waals surface area contributed by atoms with Crippen molar-refractivity contribution in [2.45, 2.75) is 0 Å². The third kappa shape index (κ3) is 7.45. The molecule has 0 saturated carbocycles. The molecule has 0 spiro atoms. The Morgan fingerprint density at radius 3 is 1.21 bits per heavy atom. The van der Waals surface area contributed by atoms with E-state index in [0.717, 1.165) is 11.1 Å². The number of rotatable bonds is 6. The van der Waals surface area contributed by atoms with Crippen molar-refractivity contribution in [1.82, 2.24) is 9.97 Å². The average Bonchev–Trinajstić information content (AvgIpc) is 2.85. The molecule has 0 radical (unpaired) electrons. The molecule has 2 heterocycles. The van der Waals surface area contributed by atoms with Crippen molar-refractivity contribution in [2.75, 3.05) is 0 Å². The molecule has 0 aliphatic carbocycles. The van der Waals surface area contributed by atoms with E-state index in [9.17, 15) is 9.59 Å². The van der Waals surface area contributed by atoms with Crippen molar-refractivity contribution < 1.29 is 24.5 Å². The van der Waals surface area contributed by atoms with Crippen LogP contribution < -0.4 is 4.74 Å². The number of aromatic carboxylic acids is 2. The molecule has 2 aromatic carbocycles. The summed E-state index contributed by atoms with van der Waals surface area (Å²) in [5, 5.41) is 17.5. The Balaban J connectivity index is 0.000000194. The number of pyridine rings is 2. The van der Waals surface area contributed by atoms with E-state index in [0.29, 0.717) is 11.5 Å². The second-order valence-electron chi connectivity index (χ2n) is 6.66. The maximum atomic E-state index is 10.7. The molecule has 0 unspecified atom stereocenters. The van der Waals surface area contributed by atoms with Gasteiger partial charge in [0.15, 0.2) is 0 Å². The monoisotopic (exact) mass is 440 g/mol. The first kappa shape index (κ1) is 22.9. The summed E-state index contributed by atoms with van der Waals surface area (Å²) in [6, 6.07) is 19.8. The number of hydrogen-bond donors (Lipinski definition) is 2. The van der Waals surface area contributed by atoms with Crippen molar-refractivity contribution in [2.24, 2.45) is 0 Å². The third-order valence-electron chi connectivity index (χ3n) is 4.32. The summed E-state index contributed by atoms with van der Waals surface area (Å²) < 4.78 is 5.46. The summed E-state index contributed by atoms with van der Waals surface area (Å²) >= 11 is 0. The summed E-state index contributed by atoms with van der Waals surface area (Å²) in [6.07, 6.45) is 11.2. The summed E-state index contributed by atoms with van der Waals surface area (Å²) in [4.78, 5) is 29.3. The lowest BCUT2D eigenvalue weighted by molar-refractivity contribution is 0.0686. The Hall–Kier alpha value is -4.78. The molecule has 0 fully saturated rings. The van der Waals surface area contributed by atoms with Crippen LogP contribution in [0.15, 0.2) is 97.6 Å². The summed E-state index contributed by atoms with van der Waals surface area (Å²) in [6.45, 7) is 0. The predicted molar refractivity (Wildman–Crippen MR) is 124 cm³/mol. The van der Waals surface area contributed by atoms with Gasteiger partial charge in [0, 0.05) is 24.8 Å². The molecule has 0 amide bonds. The number of carboxylic acid groups (broad SMARTS) is 2. The van der Waals surface area contributed by atoms with Gasteiger partial charge in [-0.05, 0) is 83.9 Å². The van der Waals surface area contributed by atoms with E-state index >= 15 is 0 Å². The zero-order chi connectivity index (χ0) is 23.5. The molecular formula is C26H20N2O5. The first-order chi connectivity index (χ1) is 16.0. The Labute approximate surface area is 190 Å². The summed E-state index contributed by atoms with van der Waals surface area (Å²) in [5.41, 5.74) is 2.65. The van der Waals surface area contributed by atoms with Crippen molar-refractivity contribution in [3.05, 3.63) is 120 Å². The second-order valence-corrected chi connectivity index (χ2v) is 6.66. The van der Waals surface area contributed by atoms with E-state index in [4.69, 9.17) is 14.9 Å². The molecule has 0 bridgehead atoms. The number of nitrogens with zero attached hydrogens (tertiary/aromatic N) is 2. The number of aromatic nitrogens is 2. The summed E-state index contributed by atoms with van der Waals surface area (Å²) in [5.74, 6) is -1.05. The molecule has 0 saturated heterocycles. The standard InChI is InChI=1S/C14H10O5.C12H10N2/c15-13(16)9-1-5-11(6-2-9)19-12-7-3-10(4-8-12)14(17)18;1(11-3-7-13-8-4-11)2-12-5-9-14-10-6-12/h1-8H,(H,15,16)(H,17,18);1-10H/b;2-1+. The Morgan fingerprint density at radius 2 is 0.909 bits per heavy atom. The molecule has 4 rings (SSSR count). The van der Waals surface area contributed by atoms with Crippen LogP contribution in [-0.2, 0) is 0 Å². The van der Waals surface area contributed by atoms with E-state index in [1.165, 1.54) is 48.5 Å². The minimum Gasteiger partial charge on any atom is -0.478 e. The SMILES string of the molecule is C(=C\c1ccncc1)/c1ccncc1.O=C(O)c1ccc(Oc2ccc(C(=O)O)cc2)cc1. The van der Waals surface area contributed by atoms with Crippen LogP contribution in [0.2, 0.25) is 0 Å². The van der Waals surface area contributed by atoms with Crippen LogP contribution in [0, 0.1) is 0 Å². The maximum absolute atomic E-state index is 10.7. The highest BCUT2D eigenvalue weighted by molar-refractivity contribution is 5.88. The minimum atomic E-state index is -1.00. The first-order valence-corrected chi connectivity index (χ1v) is 9.84. The van der Waals surface area contributed by atoms with Gasteiger partial charge < -0.3 is 14.9 Å². The van der Waals surface area contributed by atoms with Crippen LogP contribution in [0.4, 0.5) is 0 Å². The highest BCUT2D eigenvalue weighted by Gasteiger charge is 2.05. The lowest BCUT2D eigenvalue weighted by Gasteiger charge is -2.06. The molecule has 4 aromatic rings. The van der Waals surface area contributed by atoms with Gasteiger partial charge in [0.25, 0.3) is 0 Å². The van der Waals surface area contributed by atoms with Gasteiger partial charge in [0.05, 0.1) is 11.1 Å². The summed E-state index contributed by atoms with van der Waals surface area (Å²) in [7, 11) is 0. The predicted octanol–water partition coefficient (Wildman–Crippen LogP) is 5.52. The van der Waals surface area contributed by atoms with E-state index in [2.05, 4.69) is 22.1 Å². The van der Waals surface area contributed by atoms with Gasteiger partial charge in [-0.2, -0.15) is 0 Å². The number of benzene rings is 2. The molecule has 33 heavy (non-hydrogen) atoms. The van der Waals surface area contributed by atoms with Gasteiger partial charge in [-0.3, -0.25) is 9.97 Å². The van der Waals surface area contributed by atoms with E-state index in [1.54, 1.807) is 24.8 Å². The molecular weight excluding hydrogens is 420 g/mol. The minimum absolute atomic E-state index is 0.175. The van der Waals surface area contributed by atoms with Gasteiger partial charge >= 0.3 is 11.9 Å². The maximum Gasteiger partial charge on any atom is 0.335 e. The Kier molecular flexibility index (Phi) is 8.03. The first-order valence-electron chi connectivity index (χ1n) is 9.84. The Bertz CT molecular complexity index is 1110. The number of carbonyl (C=O) groups is 2. The molecule has 7 nitrogen and oxygen atoms in total. The van der Waals surface area contributed by atoms with Crippen LogP contribution in [0.3, 0.4) is 0 Å². The molecule has 2 aromatic heterocycles. The number of carboxylic acids is 2. The van der Waals surface area contributed by atoms with Crippen LogP contribution in [0.5, 0.6) is 11.5 Å². The molecule has 7 heteroatoms. The lowest BCUT2D eigenvalue weighted by atomic mass is 10.2. The van der Waals surface area contributed by atoms with Gasteiger partial charge in [-0.25, -0.2) is 9.59 Å². The van der Waals surface area contributed by atoms with Gasteiger partial charge in [-0.15, -0.1) is 0 Å². The fourth-order valence-electron chi connectivity index (χ4n) is 2.61. The molecule has 164 valence electrons. The molecule has 0 atom stereocenters. The quantitative estimate of drug-likeness (QED) is 0.406. The number of hydrogen-bond acceptors (Lipinski definition) is 5. The fraction of sp³-hybridized carbons (Fsp3) is 0. The van der Waals surface area contributed by atoms with Crippen LogP contribution in [-0.4, -0.2) is 32.1 Å². The number of ether oxygens (including phenoxy) is 1. The second kappa shape index (κ2) is 11.6. The zero-order valence-electron chi connectivity index (χ0n) is 17.4. The van der Waals surface area contributed by atoms with E-state index in [-0.39, 0.29) is 11.1 Å². The lowest BCUT2D eigenvalue weighted by Crippen LogP contribution is -1.96. The van der Waals surface area contributed by atoms with Crippen LogP contribution >= 0.6 is 0 Å².